The van der Waals surface area contributed by atoms with E-state index in [9.17, 15) is 0 Å². The molecule has 2 aliphatic rings. The van der Waals surface area contributed by atoms with Crippen LogP contribution < -0.4 is 0 Å². The topological polar surface area (TPSA) is 0 Å². The number of hydrogen-bond donors (Lipinski definition) is 0. The van der Waals surface area contributed by atoms with E-state index < -0.39 is 20.8 Å². The van der Waals surface area contributed by atoms with E-state index in [1.807, 2.05) is 0 Å². The summed E-state index contributed by atoms with van der Waals surface area (Å²) in [7, 11) is 10.6. The third-order valence-corrected chi connectivity index (χ3v) is 5.81. The first-order valence-corrected chi connectivity index (χ1v) is 20.3. The molecule has 2 aromatic carbocycles. The van der Waals surface area contributed by atoms with Crippen molar-refractivity contribution < 1.29 is 20.8 Å². The Morgan fingerprint density at radius 2 is 1.03 bits per heavy atom. The quantitative estimate of drug-likeness (QED) is 0.262. The van der Waals surface area contributed by atoms with E-state index in [4.69, 9.17) is 17.0 Å². The van der Waals surface area contributed by atoms with E-state index in [-0.39, 0.29) is 0 Å². The Bertz CT molecular complexity index is 593. The molecule has 0 heterocycles. The van der Waals surface area contributed by atoms with Gasteiger partial charge in [0.25, 0.3) is 0 Å². The van der Waals surface area contributed by atoms with E-state index in [2.05, 4.69) is 65.1 Å². The van der Waals surface area contributed by atoms with Gasteiger partial charge in [0.15, 0.2) is 0 Å². The molecule has 30 heavy (non-hydrogen) atoms. The van der Waals surface area contributed by atoms with Crippen molar-refractivity contribution >= 4 is 26.5 Å². The van der Waals surface area contributed by atoms with Crippen LogP contribution in [0.25, 0.3) is 0 Å². The molecule has 0 saturated carbocycles. The Morgan fingerprint density at radius 1 is 0.733 bits per heavy atom. The minimum atomic E-state index is -0.826. The van der Waals surface area contributed by atoms with Crippen molar-refractivity contribution in [2.45, 2.75) is 104 Å². The van der Waals surface area contributed by atoms with Crippen LogP contribution in [0.4, 0.5) is 0 Å². The number of aryl methyl sites for hydroxylation is 4. The fraction of sp³-hybridized carbons (Fsp3) is 0.615. The molecule has 0 nitrogen and oxygen atoms in total. The molecule has 0 unspecified atom stereocenters. The third kappa shape index (κ3) is 9.89. The van der Waals surface area contributed by atoms with Gasteiger partial charge < -0.3 is 0 Å². The van der Waals surface area contributed by atoms with Gasteiger partial charge in [-0.05, 0) is 11.8 Å². The minimum absolute atomic E-state index is 0.704. The summed E-state index contributed by atoms with van der Waals surface area (Å²) >= 11 is -0.826. The van der Waals surface area contributed by atoms with Crippen LogP contribution in [0.3, 0.4) is 0 Å². The molecule has 0 saturated heterocycles. The van der Waals surface area contributed by atoms with Gasteiger partial charge in [0.2, 0.25) is 0 Å². The molecule has 0 fully saturated rings. The zero-order chi connectivity index (χ0) is 22.5. The van der Waals surface area contributed by atoms with Crippen molar-refractivity contribution in [3.63, 3.8) is 0 Å². The Hall–Kier alpha value is 0.380. The Labute approximate surface area is 207 Å². The number of hydrogen-bond acceptors (Lipinski definition) is 0. The standard InChI is InChI=1S/2C12H17.C2H7Si.2ClH.Zr/c2*1-9(2)12-7-10-5-3-4-6-11(10)8-12;1-3-2;;;/h2*7-9H,3-6H2,1-2H3;3H,1-2H3;2*1H;/q2*-1;;;;+4/p-2. The van der Waals surface area contributed by atoms with Gasteiger partial charge >= 0.3 is 37.9 Å². The number of fused-ring (bicyclic) bond motifs is 2. The van der Waals surface area contributed by atoms with Crippen molar-refractivity contribution in [1.29, 1.82) is 0 Å². The Morgan fingerprint density at radius 3 is 1.30 bits per heavy atom. The van der Waals surface area contributed by atoms with Gasteiger partial charge in [-0.25, -0.2) is 12.1 Å². The maximum absolute atomic E-state index is 4.93. The third-order valence-electron chi connectivity index (χ3n) is 5.81. The molecular weight excluding hydrogens is 503 g/mol. The second-order valence-electron chi connectivity index (χ2n) is 9.05. The predicted octanol–water partition coefficient (Wildman–Crippen LogP) is 8.71. The van der Waals surface area contributed by atoms with Gasteiger partial charge in [-0.2, -0.15) is 45.5 Å². The molecule has 2 aromatic rings. The summed E-state index contributed by atoms with van der Waals surface area (Å²) in [6, 6.07) is 9.66. The molecule has 4 heteroatoms. The molecule has 1 radical (unpaired) electrons. The van der Waals surface area contributed by atoms with Crippen LogP contribution >= 0.6 is 17.0 Å². The summed E-state index contributed by atoms with van der Waals surface area (Å²) in [6.07, 6.45) is 10.9. The van der Waals surface area contributed by atoms with Crippen molar-refractivity contribution in [2.75, 3.05) is 0 Å². The van der Waals surface area contributed by atoms with Gasteiger partial charge in [-0.3, -0.25) is 0 Å². The predicted molar refractivity (Wildman–Crippen MR) is 136 cm³/mol. The van der Waals surface area contributed by atoms with Crippen LogP contribution in [0.5, 0.6) is 0 Å². The molecule has 0 atom stereocenters. The first-order valence-electron chi connectivity index (χ1n) is 11.6. The fourth-order valence-electron chi connectivity index (χ4n) is 4.12. The second-order valence-corrected chi connectivity index (χ2v) is 13.9. The summed E-state index contributed by atoms with van der Waals surface area (Å²) in [5.74, 6) is 1.41. The first-order chi connectivity index (χ1) is 14.4. The zero-order valence-corrected chi connectivity index (χ0v) is 25.1. The molecule has 0 amide bonds. The monoisotopic (exact) mass is 541 g/mol. The maximum atomic E-state index is 4.93. The van der Waals surface area contributed by atoms with Crippen LogP contribution in [0.15, 0.2) is 24.3 Å². The van der Waals surface area contributed by atoms with Crippen LogP contribution in [0, 0.1) is 0 Å². The molecule has 0 spiro atoms. The van der Waals surface area contributed by atoms with E-state index in [1.54, 1.807) is 33.4 Å². The van der Waals surface area contributed by atoms with Crippen LogP contribution in [0.1, 0.15) is 98.6 Å². The van der Waals surface area contributed by atoms with Gasteiger partial charge in [0.05, 0.1) is 0 Å². The summed E-state index contributed by atoms with van der Waals surface area (Å²) < 4.78 is 0. The van der Waals surface area contributed by atoms with Crippen LogP contribution in [-0.4, -0.2) is 9.52 Å². The first kappa shape index (κ1) is 28.4. The summed E-state index contributed by atoms with van der Waals surface area (Å²) in [4.78, 5) is 0. The Balaban J connectivity index is 0.000000239. The average molecular weight is 544 g/mol. The van der Waals surface area contributed by atoms with Crippen molar-refractivity contribution in [3.05, 3.63) is 57.6 Å². The van der Waals surface area contributed by atoms with E-state index in [0.717, 1.165) is 9.52 Å². The van der Waals surface area contributed by atoms with Crippen LogP contribution in [0.2, 0.25) is 13.1 Å². The molecule has 4 rings (SSSR count). The van der Waals surface area contributed by atoms with Crippen molar-refractivity contribution in [2.24, 2.45) is 0 Å². The van der Waals surface area contributed by atoms with E-state index >= 15 is 0 Å². The summed E-state index contributed by atoms with van der Waals surface area (Å²) in [5.41, 5.74) is 9.61. The molecule has 0 bridgehead atoms. The van der Waals surface area contributed by atoms with Crippen LogP contribution in [-0.2, 0) is 46.5 Å². The molecular formula is C26H41Cl2SiZr. The Kier molecular flexibility index (Phi) is 15.2. The molecule has 0 aliphatic heterocycles. The van der Waals surface area contributed by atoms with Gasteiger partial charge in [-0.1, -0.05) is 92.2 Å². The molecule has 0 aromatic heterocycles. The van der Waals surface area contributed by atoms with Gasteiger partial charge in [0, 0.05) is 9.52 Å². The molecule has 167 valence electrons. The zero-order valence-electron chi connectivity index (χ0n) is 20.0. The van der Waals surface area contributed by atoms with Crippen molar-refractivity contribution in [3.8, 4) is 0 Å². The number of rotatable bonds is 2. The molecule has 2 aliphatic carbocycles. The summed E-state index contributed by atoms with van der Waals surface area (Å²) in [6.45, 7) is 13.5. The molecule has 0 N–H and O–H groups in total. The number of halogens is 2. The fourth-order valence-corrected chi connectivity index (χ4v) is 4.12. The van der Waals surface area contributed by atoms with Crippen molar-refractivity contribution in [1.82, 2.24) is 0 Å². The second kappa shape index (κ2) is 16.1. The summed E-state index contributed by atoms with van der Waals surface area (Å²) in [5, 5.41) is 0. The van der Waals surface area contributed by atoms with Gasteiger partial charge in [-0.15, -0.1) is 0 Å². The SMILES string of the molecule is CC(C)c1cc2c([cH-]1)CCCC2.CC(C)c1cc2c([cH-]1)CCCC2.C[SiH]C.[Cl][Zr+2][Cl]. The normalized spacial score (nSPS) is 14.2. The van der Waals surface area contributed by atoms with E-state index in [1.165, 1.54) is 51.4 Å². The average Bonchev–Trinajstić information content (AvgIpc) is 3.34. The van der Waals surface area contributed by atoms with E-state index in [0.29, 0.717) is 11.8 Å². The van der Waals surface area contributed by atoms with Gasteiger partial charge in [0.1, 0.15) is 0 Å².